The maximum Gasteiger partial charge on any atom is 0.307 e. The zero-order chi connectivity index (χ0) is 18.3. The Morgan fingerprint density at radius 3 is 2.27 bits per heavy atom. The van der Waals surface area contributed by atoms with Crippen LogP contribution < -0.4 is 5.32 Å². The van der Waals surface area contributed by atoms with Crippen LogP contribution in [0.5, 0.6) is 0 Å². The molecule has 2 aromatic rings. The van der Waals surface area contributed by atoms with Gasteiger partial charge in [0.2, 0.25) is 5.91 Å². The summed E-state index contributed by atoms with van der Waals surface area (Å²) in [6.45, 7) is 0. The number of fused-ring (bicyclic) bond motifs is 3. The maximum atomic E-state index is 12.6. The van der Waals surface area contributed by atoms with Crippen LogP contribution in [0.3, 0.4) is 0 Å². The van der Waals surface area contributed by atoms with Gasteiger partial charge in [0.05, 0.1) is 11.8 Å². The van der Waals surface area contributed by atoms with Crippen LogP contribution in [0.4, 0.5) is 5.69 Å². The lowest BCUT2D eigenvalue weighted by atomic mass is 9.78. The van der Waals surface area contributed by atoms with Gasteiger partial charge in [-0.1, -0.05) is 43.2 Å². The summed E-state index contributed by atoms with van der Waals surface area (Å²) in [6, 6.07) is 12.7. The maximum absolute atomic E-state index is 12.6. The van der Waals surface area contributed by atoms with Crippen LogP contribution in [0, 0.1) is 11.8 Å². The summed E-state index contributed by atoms with van der Waals surface area (Å²) in [4.78, 5) is 36.6. The average molecular weight is 349 g/mol. The van der Waals surface area contributed by atoms with Crippen molar-refractivity contribution in [3.05, 3.63) is 53.6 Å². The third-order valence-corrected chi connectivity index (χ3v) is 5.41. The van der Waals surface area contributed by atoms with Crippen molar-refractivity contribution in [3.8, 4) is 11.1 Å². The van der Waals surface area contributed by atoms with Gasteiger partial charge in [0.25, 0.3) is 0 Å². The molecule has 2 aliphatic carbocycles. The van der Waals surface area contributed by atoms with Crippen molar-refractivity contribution in [3.63, 3.8) is 0 Å². The summed E-state index contributed by atoms with van der Waals surface area (Å²) in [6.07, 6.45) is 2.82. The first-order valence-corrected chi connectivity index (χ1v) is 8.88. The number of carboxylic acids is 1. The molecule has 0 bridgehead atoms. The van der Waals surface area contributed by atoms with E-state index < -0.39 is 17.8 Å². The molecule has 2 N–H and O–H groups in total. The fourth-order valence-electron chi connectivity index (χ4n) is 4.08. The standard InChI is InChI=1S/C21H19NO4/c23-19-15-6-2-1-5-13(15)14-10-9-12(11-18(14)19)22-20(24)16-7-3-4-8-17(16)21(25)26/h1-2,5-6,9-11,16-17H,3-4,7-8H2,(H,22,24)(H,25,26)/t16-,17-/m0/s1. The number of carboxylic acid groups (broad SMARTS) is 1. The van der Waals surface area contributed by atoms with Gasteiger partial charge < -0.3 is 10.4 Å². The zero-order valence-corrected chi connectivity index (χ0v) is 14.2. The van der Waals surface area contributed by atoms with Crippen LogP contribution in [0.2, 0.25) is 0 Å². The van der Waals surface area contributed by atoms with Crippen molar-refractivity contribution in [2.75, 3.05) is 5.32 Å². The molecule has 0 spiro atoms. The third kappa shape index (κ3) is 2.69. The Labute approximate surface area is 151 Å². The second kappa shape index (κ2) is 6.41. The molecule has 4 rings (SSSR count). The van der Waals surface area contributed by atoms with E-state index in [9.17, 15) is 19.5 Å². The second-order valence-electron chi connectivity index (χ2n) is 6.96. The molecule has 0 aromatic heterocycles. The molecule has 5 nitrogen and oxygen atoms in total. The smallest absolute Gasteiger partial charge is 0.307 e. The predicted octanol–water partition coefficient (Wildman–Crippen LogP) is 3.73. The van der Waals surface area contributed by atoms with E-state index in [4.69, 9.17) is 0 Å². The van der Waals surface area contributed by atoms with Crippen LogP contribution >= 0.6 is 0 Å². The molecule has 2 atom stereocenters. The molecule has 132 valence electrons. The van der Waals surface area contributed by atoms with Gasteiger partial charge in [-0.05, 0) is 36.1 Å². The molecule has 1 fully saturated rings. The van der Waals surface area contributed by atoms with Crippen molar-refractivity contribution < 1.29 is 19.5 Å². The summed E-state index contributed by atoms with van der Waals surface area (Å²) >= 11 is 0. The number of anilines is 1. The summed E-state index contributed by atoms with van der Waals surface area (Å²) < 4.78 is 0. The van der Waals surface area contributed by atoms with Crippen LogP contribution in [-0.2, 0) is 9.59 Å². The fourth-order valence-corrected chi connectivity index (χ4v) is 4.08. The van der Waals surface area contributed by atoms with Gasteiger partial charge in [-0.3, -0.25) is 14.4 Å². The average Bonchev–Trinajstić information content (AvgIpc) is 2.94. The summed E-state index contributed by atoms with van der Waals surface area (Å²) in [5, 5.41) is 12.2. The van der Waals surface area contributed by atoms with Crippen LogP contribution in [0.1, 0.15) is 41.6 Å². The van der Waals surface area contributed by atoms with Gasteiger partial charge in [-0.25, -0.2) is 0 Å². The SMILES string of the molecule is O=C1c2ccccc2-c2ccc(NC(=O)[C@H]3CCCC[C@@H]3C(=O)O)cc21. The lowest BCUT2D eigenvalue weighted by Crippen LogP contribution is -2.36. The fraction of sp³-hybridized carbons (Fsp3) is 0.286. The summed E-state index contributed by atoms with van der Waals surface area (Å²) in [7, 11) is 0. The molecule has 0 radical (unpaired) electrons. The highest BCUT2D eigenvalue weighted by molar-refractivity contribution is 6.22. The number of nitrogens with one attached hydrogen (secondary N) is 1. The topological polar surface area (TPSA) is 83.5 Å². The van der Waals surface area contributed by atoms with E-state index >= 15 is 0 Å². The molecule has 1 saturated carbocycles. The minimum atomic E-state index is -0.913. The molecule has 2 aromatic carbocycles. The highest BCUT2D eigenvalue weighted by atomic mass is 16.4. The molecular weight excluding hydrogens is 330 g/mol. The first kappa shape index (κ1) is 16.5. The predicted molar refractivity (Wildman–Crippen MR) is 97.0 cm³/mol. The zero-order valence-electron chi connectivity index (χ0n) is 14.2. The Kier molecular flexibility index (Phi) is 4.07. The summed E-state index contributed by atoms with van der Waals surface area (Å²) in [5.41, 5.74) is 3.55. The van der Waals surface area contributed by atoms with E-state index in [0.717, 1.165) is 24.0 Å². The van der Waals surface area contributed by atoms with E-state index in [2.05, 4.69) is 5.32 Å². The Bertz CT molecular complexity index is 918. The van der Waals surface area contributed by atoms with Gasteiger partial charge in [0, 0.05) is 16.8 Å². The number of hydrogen-bond acceptors (Lipinski definition) is 3. The number of ketones is 1. The number of carbonyl (C=O) groups excluding carboxylic acids is 2. The number of rotatable bonds is 3. The normalized spacial score (nSPS) is 21.0. The van der Waals surface area contributed by atoms with Crippen LogP contribution in [-0.4, -0.2) is 22.8 Å². The molecule has 0 saturated heterocycles. The molecule has 2 aliphatic rings. The van der Waals surface area contributed by atoms with Crippen molar-refractivity contribution in [1.82, 2.24) is 0 Å². The lowest BCUT2D eigenvalue weighted by molar-refractivity contribution is -0.147. The minimum absolute atomic E-state index is 0.0484. The van der Waals surface area contributed by atoms with E-state index in [1.54, 1.807) is 18.2 Å². The van der Waals surface area contributed by atoms with Crippen molar-refractivity contribution in [2.45, 2.75) is 25.7 Å². The Morgan fingerprint density at radius 2 is 1.54 bits per heavy atom. The Balaban J connectivity index is 1.58. The van der Waals surface area contributed by atoms with Gasteiger partial charge in [0.15, 0.2) is 5.78 Å². The van der Waals surface area contributed by atoms with E-state index in [1.807, 2.05) is 24.3 Å². The van der Waals surface area contributed by atoms with E-state index in [-0.39, 0.29) is 11.7 Å². The molecule has 5 heteroatoms. The molecular formula is C21H19NO4. The second-order valence-corrected chi connectivity index (χ2v) is 6.96. The van der Waals surface area contributed by atoms with Crippen molar-refractivity contribution in [2.24, 2.45) is 11.8 Å². The van der Waals surface area contributed by atoms with Crippen molar-refractivity contribution in [1.29, 1.82) is 0 Å². The van der Waals surface area contributed by atoms with E-state index in [1.165, 1.54) is 0 Å². The van der Waals surface area contributed by atoms with Gasteiger partial charge in [-0.15, -0.1) is 0 Å². The van der Waals surface area contributed by atoms with Crippen molar-refractivity contribution >= 4 is 23.3 Å². The van der Waals surface area contributed by atoms with Crippen LogP contribution in [0.25, 0.3) is 11.1 Å². The monoisotopic (exact) mass is 349 g/mol. The summed E-state index contributed by atoms with van der Waals surface area (Å²) in [5.74, 6) is -2.40. The molecule has 0 aliphatic heterocycles. The highest BCUT2D eigenvalue weighted by Gasteiger charge is 2.36. The van der Waals surface area contributed by atoms with Gasteiger partial charge >= 0.3 is 5.97 Å². The lowest BCUT2D eigenvalue weighted by Gasteiger charge is -2.27. The number of aliphatic carboxylic acids is 1. The van der Waals surface area contributed by atoms with E-state index in [0.29, 0.717) is 29.7 Å². The minimum Gasteiger partial charge on any atom is -0.481 e. The highest BCUT2D eigenvalue weighted by Crippen LogP contribution is 2.38. The molecule has 0 unspecified atom stereocenters. The van der Waals surface area contributed by atoms with Gasteiger partial charge in [0.1, 0.15) is 0 Å². The number of hydrogen-bond donors (Lipinski definition) is 2. The Morgan fingerprint density at radius 1 is 0.885 bits per heavy atom. The third-order valence-electron chi connectivity index (χ3n) is 5.41. The molecule has 26 heavy (non-hydrogen) atoms. The first-order chi connectivity index (χ1) is 12.6. The Hall–Kier alpha value is -2.95. The number of amides is 1. The quantitative estimate of drug-likeness (QED) is 0.755. The number of carbonyl (C=O) groups is 3. The first-order valence-electron chi connectivity index (χ1n) is 8.88. The molecule has 1 amide bonds. The van der Waals surface area contributed by atoms with Crippen LogP contribution in [0.15, 0.2) is 42.5 Å². The molecule has 0 heterocycles. The largest absolute Gasteiger partial charge is 0.481 e. The number of benzene rings is 2. The van der Waals surface area contributed by atoms with Gasteiger partial charge in [-0.2, -0.15) is 0 Å².